The topological polar surface area (TPSA) is 148 Å². The molecule has 0 saturated carbocycles. The van der Waals surface area contributed by atoms with Crippen LogP contribution in [0.25, 0.3) is 0 Å². The lowest BCUT2D eigenvalue weighted by Gasteiger charge is -2.07. The summed E-state index contributed by atoms with van der Waals surface area (Å²) in [6, 6.07) is 1.31. The summed E-state index contributed by atoms with van der Waals surface area (Å²) in [6.45, 7) is -0.565. The van der Waals surface area contributed by atoms with Crippen LogP contribution in [0.2, 0.25) is 0 Å². The monoisotopic (exact) mass is 255 g/mol. The molecule has 0 bridgehead atoms. The van der Waals surface area contributed by atoms with Gasteiger partial charge in [-0.2, -0.15) is 0 Å². The van der Waals surface area contributed by atoms with E-state index >= 15 is 0 Å². The molecule has 7 N–H and O–H groups in total. The molecule has 0 heterocycles. The molecule has 18 heavy (non-hydrogen) atoms. The van der Waals surface area contributed by atoms with Crippen molar-refractivity contribution < 1.29 is 25.2 Å². The average Bonchev–Trinajstić information content (AvgIpc) is 2.38. The number of carbonyl (C=O) groups excluding carboxylic acids is 1. The first-order chi connectivity index (χ1) is 8.51. The molecular weight excluding hydrogens is 242 g/mol. The number of aliphatic hydroxyl groups excluding tert-OH is 1. The van der Waals surface area contributed by atoms with Crippen LogP contribution < -0.4 is 11.3 Å². The number of phenols is 3. The molecule has 0 aliphatic carbocycles. The summed E-state index contributed by atoms with van der Waals surface area (Å²) in [5.74, 6) is 2.43. The number of amides is 1. The maximum absolute atomic E-state index is 11.1. The zero-order chi connectivity index (χ0) is 13.7. The van der Waals surface area contributed by atoms with Gasteiger partial charge in [-0.25, -0.2) is 5.84 Å². The Bertz CT molecular complexity index is 475. The van der Waals surface area contributed by atoms with Crippen LogP contribution in [-0.4, -0.2) is 45.2 Å². The van der Waals surface area contributed by atoms with Gasteiger partial charge in [0.15, 0.2) is 17.5 Å². The number of nitrogens with one attached hydrogen (secondary N) is 1. The zero-order valence-electron chi connectivity index (χ0n) is 9.24. The van der Waals surface area contributed by atoms with Gasteiger partial charge in [-0.3, -0.25) is 15.2 Å². The molecule has 1 aromatic carbocycles. The Labute approximate surface area is 102 Å². The van der Waals surface area contributed by atoms with Gasteiger partial charge in [0.25, 0.3) is 5.91 Å². The third-order valence-corrected chi connectivity index (χ3v) is 2.17. The van der Waals surface area contributed by atoms with Gasteiger partial charge < -0.3 is 20.4 Å². The fourth-order valence-electron chi connectivity index (χ4n) is 1.15. The van der Waals surface area contributed by atoms with Crippen LogP contribution in [0.5, 0.6) is 17.2 Å². The van der Waals surface area contributed by atoms with Crippen molar-refractivity contribution in [1.82, 2.24) is 5.43 Å². The number of nitrogens with two attached hydrogens (primary N) is 1. The standard InChI is InChI=1S/C10H13N3O5/c11-13-10(18)6(4-14)12-3-5-1-2-7(15)9(17)8(5)16/h1-3,6,14-17H,4,11H2,(H,13,18). The summed E-state index contributed by atoms with van der Waals surface area (Å²) in [5, 5.41) is 36.7. The molecular formula is C10H13N3O5. The Morgan fingerprint density at radius 2 is 2.06 bits per heavy atom. The Hall–Kier alpha value is -2.32. The molecule has 0 aliphatic rings. The van der Waals surface area contributed by atoms with Crippen molar-refractivity contribution in [1.29, 1.82) is 0 Å². The van der Waals surface area contributed by atoms with Gasteiger partial charge in [0.1, 0.15) is 0 Å². The lowest BCUT2D eigenvalue weighted by Crippen LogP contribution is -2.40. The molecule has 1 rings (SSSR count). The predicted molar refractivity (Wildman–Crippen MR) is 62.2 cm³/mol. The van der Waals surface area contributed by atoms with Gasteiger partial charge in [0, 0.05) is 11.8 Å². The van der Waals surface area contributed by atoms with Crippen molar-refractivity contribution in [2.45, 2.75) is 6.04 Å². The van der Waals surface area contributed by atoms with Gasteiger partial charge in [0.2, 0.25) is 5.75 Å². The van der Waals surface area contributed by atoms with E-state index in [2.05, 4.69) is 4.99 Å². The quantitative estimate of drug-likeness (QED) is 0.128. The molecule has 1 unspecified atom stereocenters. The van der Waals surface area contributed by atoms with Crippen LogP contribution in [-0.2, 0) is 4.79 Å². The van der Waals surface area contributed by atoms with Gasteiger partial charge in [-0.1, -0.05) is 0 Å². The Balaban J connectivity index is 2.97. The first kappa shape index (κ1) is 13.7. The van der Waals surface area contributed by atoms with Gasteiger partial charge in [0.05, 0.1) is 6.61 Å². The van der Waals surface area contributed by atoms with Crippen LogP contribution in [0.4, 0.5) is 0 Å². The van der Waals surface area contributed by atoms with Crippen LogP contribution in [0, 0.1) is 0 Å². The highest BCUT2D eigenvalue weighted by Gasteiger charge is 2.15. The third kappa shape index (κ3) is 2.87. The van der Waals surface area contributed by atoms with Gasteiger partial charge in [-0.15, -0.1) is 0 Å². The first-order valence-corrected chi connectivity index (χ1v) is 4.89. The molecule has 0 spiro atoms. The summed E-state index contributed by atoms with van der Waals surface area (Å²) in [6.07, 6.45) is 1.07. The lowest BCUT2D eigenvalue weighted by molar-refractivity contribution is -0.123. The number of hydrogen-bond donors (Lipinski definition) is 6. The minimum absolute atomic E-state index is 0.0774. The minimum Gasteiger partial charge on any atom is -0.504 e. The SMILES string of the molecule is NNC(=O)C(CO)N=Cc1ccc(O)c(O)c1O. The van der Waals surface area contributed by atoms with E-state index in [1.54, 1.807) is 0 Å². The first-order valence-electron chi connectivity index (χ1n) is 4.89. The van der Waals surface area contributed by atoms with Crippen molar-refractivity contribution in [2.75, 3.05) is 6.61 Å². The molecule has 0 radical (unpaired) electrons. The third-order valence-electron chi connectivity index (χ3n) is 2.17. The van der Waals surface area contributed by atoms with Gasteiger partial charge >= 0.3 is 0 Å². The van der Waals surface area contributed by atoms with E-state index < -0.39 is 35.8 Å². The number of rotatable bonds is 4. The number of aromatic hydroxyl groups is 3. The summed E-state index contributed by atoms with van der Waals surface area (Å²) < 4.78 is 0. The molecule has 0 aliphatic heterocycles. The molecule has 8 nitrogen and oxygen atoms in total. The van der Waals surface area contributed by atoms with E-state index in [1.165, 1.54) is 6.07 Å². The van der Waals surface area contributed by atoms with E-state index in [4.69, 9.17) is 16.1 Å². The van der Waals surface area contributed by atoms with E-state index in [0.717, 1.165) is 12.3 Å². The van der Waals surface area contributed by atoms with E-state index in [1.807, 2.05) is 5.43 Å². The number of aliphatic hydroxyl groups is 1. The number of benzene rings is 1. The predicted octanol–water partition coefficient (Wildman–Crippen LogP) is -1.43. The maximum atomic E-state index is 11.1. The number of hydrazine groups is 1. The summed E-state index contributed by atoms with van der Waals surface area (Å²) in [5.41, 5.74) is 1.90. The summed E-state index contributed by atoms with van der Waals surface area (Å²) in [4.78, 5) is 14.8. The van der Waals surface area contributed by atoms with Crippen molar-refractivity contribution in [2.24, 2.45) is 10.8 Å². The Morgan fingerprint density at radius 3 is 2.61 bits per heavy atom. The molecule has 98 valence electrons. The number of aliphatic imine (C=N–C) groups is 1. The number of carbonyl (C=O) groups is 1. The second kappa shape index (κ2) is 5.84. The smallest absolute Gasteiger partial charge is 0.261 e. The highest BCUT2D eigenvalue weighted by molar-refractivity contribution is 5.89. The highest BCUT2D eigenvalue weighted by Crippen LogP contribution is 2.36. The zero-order valence-corrected chi connectivity index (χ0v) is 9.24. The van der Waals surface area contributed by atoms with E-state index in [-0.39, 0.29) is 5.56 Å². The molecule has 0 saturated heterocycles. The van der Waals surface area contributed by atoms with Crippen LogP contribution in [0.1, 0.15) is 5.56 Å². The number of hydrogen-bond acceptors (Lipinski definition) is 7. The number of phenolic OH excluding ortho intramolecular Hbond substituents is 3. The molecule has 0 fully saturated rings. The van der Waals surface area contributed by atoms with Crippen LogP contribution >= 0.6 is 0 Å². The van der Waals surface area contributed by atoms with E-state index in [9.17, 15) is 15.0 Å². The maximum Gasteiger partial charge on any atom is 0.261 e. The summed E-state index contributed by atoms with van der Waals surface area (Å²) in [7, 11) is 0. The van der Waals surface area contributed by atoms with E-state index in [0.29, 0.717) is 0 Å². The van der Waals surface area contributed by atoms with Gasteiger partial charge in [-0.05, 0) is 12.1 Å². The fourth-order valence-corrected chi connectivity index (χ4v) is 1.15. The summed E-state index contributed by atoms with van der Waals surface area (Å²) >= 11 is 0. The Kier molecular flexibility index (Phi) is 4.46. The second-order valence-electron chi connectivity index (χ2n) is 3.36. The minimum atomic E-state index is -1.12. The van der Waals surface area contributed by atoms with Crippen LogP contribution in [0.3, 0.4) is 0 Å². The normalized spacial score (nSPS) is 12.6. The Morgan fingerprint density at radius 1 is 1.39 bits per heavy atom. The van der Waals surface area contributed by atoms with Crippen molar-refractivity contribution in [3.8, 4) is 17.2 Å². The molecule has 1 amide bonds. The average molecular weight is 255 g/mol. The lowest BCUT2D eigenvalue weighted by atomic mass is 10.2. The highest BCUT2D eigenvalue weighted by atomic mass is 16.3. The van der Waals surface area contributed by atoms with Crippen molar-refractivity contribution in [3.63, 3.8) is 0 Å². The fraction of sp³-hybridized carbons (Fsp3) is 0.200. The van der Waals surface area contributed by atoms with Crippen LogP contribution in [0.15, 0.2) is 17.1 Å². The molecule has 8 heteroatoms. The van der Waals surface area contributed by atoms with Crippen molar-refractivity contribution in [3.05, 3.63) is 17.7 Å². The largest absolute Gasteiger partial charge is 0.504 e. The number of nitrogens with zero attached hydrogens (tertiary/aromatic N) is 1. The molecule has 0 aromatic heterocycles. The second-order valence-corrected chi connectivity index (χ2v) is 3.36. The molecule has 1 atom stereocenters. The molecule has 1 aromatic rings. The van der Waals surface area contributed by atoms with Crippen molar-refractivity contribution >= 4 is 12.1 Å².